The van der Waals surface area contributed by atoms with E-state index in [1.54, 1.807) is 11.8 Å². The van der Waals surface area contributed by atoms with Crippen molar-refractivity contribution in [3.8, 4) is 0 Å². The number of hydrogen-bond donors (Lipinski definition) is 0. The highest BCUT2D eigenvalue weighted by atomic mass is 16.5. The lowest BCUT2D eigenvalue weighted by atomic mass is 10.0. The molecule has 1 aromatic rings. The number of amides is 1. The van der Waals surface area contributed by atoms with Gasteiger partial charge < -0.3 is 9.47 Å². The summed E-state index contributed by atoms with van der Waals surface area (Å²) in [5.74, 6) is -0.624. The summed E-state index contributed by atoms with van der Waals surface area (Å²) < 4.78 is 10.2. The fourth-order valence-corrected chi connectivity index (χ4v) is 2.69. The third-order valence-electron chi connectivity index (χ3n) is 3.74. The lowest BCUT2D eigenvalue weighted by Crippen LogP contribution is -2.48. The number of para-hydroxylation sites is 1. The number of anilines is 1. The van der Waals surface area contributed by atoms with Crippen molar-refractivity contribution in [1.82, 2.24) is 0 Å². The Labute approximate surface area is 138 Å². The van der Waals surface area contributed by atoms with E-state index >= 15 is 0 Å². The Morgan fingerprint density at radius 2 is 1.91 bits per heavy atom. The first-order valence-corrected chi connectivity index (χ1v) is 8.07. The maximum absolute atomic E-state index is 12.7. The van der Waals surface area contributed by atoms with Crippen LogP contribution in [0.1, 0.15) is 38.3 Å². The molecule has 0 N–H and O–H groups in total. The molecular weight excluding hydrogens is 294 g/mol. The molecule has 1 rings (SSSR count). The monoisotopic (exact) mass is 321 g/mol. The fourth-order valence-electron chi connectivity index (χ4n) is 2.69. The van der Waals surface area contributed by atoms with Gasteiger partial charge >= 0.3 is 5.97 Å². The third-order valence-corrected chi connectivity index (χ3v) is 3.74. The number of hydrogen-bond acceptors (Lipinski definition) is 4. The first kappa shape index (κ1) is 19.2. The Morgan fingerprint density at radius 3 is 2.43 bits per heavy atom. The molecule has 1 aromatic carbocycles. The van der Waals surface area contributed by atoms with Crippen molar-refractivity contribution in [1.29, 1.82) is 0 Å². The predicted octanol–water partition coefficient (Wildman–Crippen LogP) is 2.88. The van der Waals surface area contributed by atoms with Crippen LogP contribution in [0, 0.1) is 6.92 Å². The quantitative estimate of drug-likeness (QED) is 0.691. The fraction of sp³-hybridized carbons (Fsp3) is 0.556. The number of benzene rings is 1. The standard InChI is InChI=1S/C18H27NO4/c1-6-14-11-9-10-13(4)17(14)19(16(20)12-22-5)15(7-2)18(21)23-8-3/h9-11,15H,6-8,12H2,1-5H3. The maximum atomic E-state index is 12.7. The van der Waals surface area contributed by atoms with E-state index in [1.165, 1.54) is 7.11 Å². The van der Waals surface area contributed by atoms with Crippen molar-refractivity contribution in [2.75, 3.05) is 25.2 Å². The number of aryl methyl sites for hydroxylation is 2. The molecule has 0 aliphatic heterocycles. The third kappa shape index (κ3) is 4.55. The van der Waals surface area contributed by atoms with Crippen LogP contribution >= 0.6 is 0 Å². The van der Waals surface area contributed by atoms with E-state index in [1.807, 2.05) is 39.0 Å². The summed E-state index contributed by atoms with van der Waals surface area (Å²) in [6.45, 7) is 7.82. The lowest BCUT2D eigenvalue weighted by molar-refractivity contribution is -0.146. The number of carbonyl (C=O) groups excluding carboxylic acids is 2. The van der Waals surface area contributed by atoms with Crippen LogP contribution in [0.4, 0.5) is 5.69 Å². The Kier molecular flexibility index (Phi) is 7.75. The zero-order valence-corrected chi connectivity index (χ0v) is 14.7. The average Bonchev–Trinajstić information content (AvgIpc) is 2.53. The molecule has 1 unspecified atom stereocenters. The van der Waals surface area contributed by atoms with E-state index in [2.05, 4.69) is 0 Å². The molecule has 0 heterocycles. The van der Waals surface area contributed by atoms with Crippen molar-refractivity contribution in [2.45, 2.75) is 46.6 Å². The van der Waals surface area contributed by atoms with E-state index in [0.717, 1.165) is 23.2 Å². The van der Waals surface area contributed by atoms with Crippen molar-refractivity contribution in [3.63, 3.8) is 0 Å². The van der Waals surface area contributed by atoms with Gasteiger partial charge in [0.25, 0.3) is 5.91 Å². The topological polar surface area (TPSA) is 55.8 Å². The first-order valence-electron chi connectivity index (χ1n) is 8.07. The molecule has 1 amide bonds. The van der Waals surface area contributed by atoms with Gasteiger partial charge in [0.2, 0.25) is 0 Å². The van der Waals surface area contributed by atoms with Gasteiger partial charge in [-0.25, -0.2) is 4.79 Å². The molecule has 0 saturated carbocycles. The van der Waals surface area contributed by atoms with Crippen LogP contribution < -0.4 is 4.90 Å². The number of methoxy groups -OCH3 is 1. The van der Waals surface area contributed by atoms with Crippen LogP contribution in [0.2, 0.25) is 0 Å². The van der Waals surface area contributed by atoms with Crippen molar-refractivity contribution in [3.05, 3.63) is 29.3 Å². The summed E-state index contributed by atoms with van der Waals surface area (Å²) in [4.78, 5) is 26.6. The molecule has 0 saturated heterocycles. The summed E-state index contributed by atoms with van der Waals surface area (Å²) in [6.07, 6.45) is 1.25. The number of rotatable bonds is 8. The van der Waals surface area contributed by atoms with E-state index in [0.29, 0.717) is 6.42 Å². The molecule has 128 valence electrons. The van der Waals surface area contributed by atoms with Crippen LogP contribution in [-0.4, -0.2) is 38.2 Å². The van der Waals surface area contributed by atoms with E-state index in [-0.39, 0.29) is 25.1 Å². The van der Waals surface area contributed by atoms with Gasteiger partial charge in [-0.1, -0.05) is 32.0 Å². The second kappa shape index (κ2) is 9.30. The minimum Gasteiger partial charge on any atom is -0.464 e. The van der Waals surface area contributed by atoms with Crippen LogP contribution in [0.5, 0.6) is 0 Å². The highest BCUT2D eigenvalue weighted by Gasteiger charge is 2.32. The second-order valence-electron chi connectivity index (χ2n) is 5.31. The molecule has 0 fully saturated rings. The van der Waals surface area contributed by atoms with Gasteiger partial charge in [-0.3, -0.25) is 9.69 Å². The molecular formula is C18H27NO4. The van der Waals surface area contributed by atoms with Gasteiger partial charge in [-0.15, -0.1) is 0 Å². The summed E-state index contributed by atoms with van der Waals surface area (Å²) in [6, 6.07) is 5.23. The minimum atomic E-state index is -0.649. The Morgan fingerprint density at radius 1 is 1.22 bits per heavy atom. The van der Waals surface area contributed by atoms with Crippen molar-refractivity contribution >= 4 is 17.6 Å². The maximum Gasteiger partial charge on any atom is 0.329 e. The number of carbonyl (C=O) groups is 2. The zero-order chi connectivity index (χ0) is 17.4. The van der Waals surface area contributed by atoms with Crippen molar-refractivity contribution < 1.29 is 19.1 Å². The molecule has 1 atom stereocenters. The highest BCUT2D eigenvalue weighted by molar-refractivity contribution is 6.01. The molecule has 5 nitrogen and oxygen atoms in total. The number of esters is 1. The summed E-state index contributed by atoms with van der Waals surface area (Å²) in [5.41, 5.74) is 2.77. The average molecular weight is 321 g/mol. The van der Waals surface area contributed by atoms with Gasteiger partial charge in [0.1, 0.15) is 12.6 Å². The van der Waals surface area contributed by atoms with Gasteiger partial charge in [0.05, 0.1) is 12.3 Å². The van der Waals surface area contributed by atoms with Gasteiger partial charge in [-0.05, 0) is 37.8 Å². The van der Waals surface area contributed by atoms with Crippen molar-refractivity contribution in [2.24, 2.45) is 0 Å². The summed E-state index contributed by atoms with van der Waals surface area (Å²) >= 11 is 0. The van der Waals surface area contributed by atoms with E-state index in [9.17, 15) is 9.59 Å². The SMILES string of the molecule is CCOC(=O)C(CC)N(C(=O)COC)c1c(C)cccc1CC. The van der Waals surface area contributed by atoms with E-state index < -0.39 is 6.04 Å². The molecule has 0 aliphatic rings. The zero-order valence-electron chi connectivity index (χ0n) is 14.7. The lowest BCUT2D eigenvalue weighted by Gasteiger charge is -2.32. The van der Waals surface area contributed by atoms with Crippen LogP contribution in [0.25, 0.3) is 0 Å². The number of nitrogens with zero attached hydrogens (tertiary/aromatic N) is 1. The van der Waals surface area contributed by atoms with Gasteiger partial charge in [-0.2, -0.15) is 0 Å². The summed E-state index contributed by atoms with van der Waals surface area (Å²) in [5, 5.41) is 0. The van der Waals surface area contributed by atoms with Crippen LogP contribution in [-0.2, 0) is 25.5 Å². The normalized spacial score (nSPS) is 11.9. The summed E-state index contributed by atoms with van der Waals surface area (Å²) in [7, 11) is 1.47. The molecule has 0 aliphatic carbocycles. The molecule has 0 bridgehead atoms. The molecule has 0 radical (unpaired) electrons. The van der Waals surface area contributed by atoms with Gasteiger partial charge in [0, 0.05) is 7.11 Å². The number of ether oxygens (including phenoxy) is 2. The van der Waals surface area contributed by atoms with Crippen LogP contribution in [0.3, 0.4) is 0 Å². The highest BCUT2D eigenvalue weighted by Crippen LogP contribution is 2.29. The van der Waals surface area contributed by atoms with E-state index in [4.69, 9.17) is 9.47 Å². The molecule has 0 aromatic heterocycles. The Hall–Kier alpha value is -1.88. The van der Waals surface area contributed by atoms with Crippen LogP contribution in [0.15, 0.2) is 18.2 Å². The largest absolute Gasteiger partial charge is 0.464 e. The second-order valence-corrected chi connectivity index (χ2v) is 5.31. The molecule has 23 heavy (non-hydrogen) atoms. The smallest absolute Gasteiger partial charge is 0.329 e. The minimum absolute atomic E-state index is 0.0760. The Bertz CT molecular complexity index is 542. The van der Waals surface area contributed by atoms with Gasteiger partial charge in [0.15, 0.2) is 0 Å². The Balaban J connectivity index is 3.41. The molecule has 0 spiro atoms. The molecule has 5 heteroatoms. The predicted molar refractivity (Wildman–Crippen MR) is 90.6 cm³/mol. The first-order chi connectivity index (χ1) is 11.0.